The van der Waals surface area contributed by atoms with Crippen LogP contribution in [0.15, 0.2) is 59.6 Å². The third-order valence-corrected chi connectivity index (χ3v) is 3.57. The SMILES string of the molecule is Cc1ccccc1C(C)(C)CN=C(N)Nc1ccccc1.I. The first kappa shape index (κ1) is 18.5. The van der Waals surface area contributed by atoms with Gasteiger partial charge in [0, 0.05) is 11.1 Å². The van der Waals surface area contributed by atoms with Crippen molar-refractivity contribution in [3.63, 3.8) is 0 Å². The monoisotopic (exact) mass is 409 g/mol. The van der Waals surface area contributed by atoms with Crippen LogP contribution in [0, 0.1) is 6.92 Å². The summed E-state index contributed by atoms with van der Waals surface area (Å²) in [4.78, 5) is 4.49. The molecule has 0 aliphatic carbocycles. The number of halogens is 1. The lowest BCUT2D eigenvalue weighted by atomic mass is 9.82. The maximum absolute atomic E-state index is 5.97. The second-order valence-electron chi connectivity index (χ2n) is 5.89. The molecule has 0 saturated carbocycles. The van der Waals surface area contributed by atoms with Crippen molar-refractivity contribution in [1.29, 1.82) is 0 Å². The Morgan fingerprint density at radius 1 is 1.05 bits per heavy atom. The maximum atomic E-state index is 5.97. The van der Waals surface area contributed by atoms with Crippen LogP contribution in [0.4, 0.5) is 5.69 Å². The molecule has 3 N–H and O–H groups in total. The van der Waals surface area contributed by atoms with Gasteiger partial charge < -0.3 is 11.1 Å². The molecule has 0 aliphatic heterocycles. The van der Waals surface area contributed by atoms with Crippen molar-refractivity contribution < 1.29 is 0 Å². The molecule has 0 aromatic heterocycles. The highest BCUT2D eigenvalue weighted by molar-refractivity contribution is 14.0. The maximum Gasteiger partial charge on any atom is 0.193 e. The van der Waals surface area contributed by atoms with Gasteiger partial charge in [-0.05, 0) is 30.2 Å². The van der Waals surface area contributed by atoms with Gasteiger partial charge in [-0.2, -0.15) is 0 Å². The van der Waals surface area contributed by atoms with Gasteiger partial charge in [-0.15, -0.1) is 24.0 Å². The van der Waals surface area contributed by atoms with Gasteiger partial charge >= 0.3 is 0 Å². The largest absolute Gasteiger partial charge is 0.370 e. The number of nitrogens with two attached hydrogens (primary N) is 1. The molecule has 22 heavy (non-hydrogen) atoms. The lowest BCUT2D eigenvalue weighted by Gasteiger charge is -2.25. The van der Waals surface area contributed by atoms with Gasteiger partial charge in [-0.3, -0.25) is 4.99 Å². The average molecular weight is 409 g/mol. The Morgan fingerprint density at radius 3 is 2.27 bits per heavy atom. The van der Waals surface area contributed by atoms with Gasteiger partial charge in [-0.25, -0.2) is 0 Å². The summed E-state index contributed by atoms with van der Waals surface area (Å²) in [5.74, 6) is 0.447. The van der Waals surface area contributed by atoms with E-state index in [2.05, 4.69) is 55.3 Å². The standard InChI is InChI=1S/C18H23N3.HI/c1-14-9-7-8-12-16(14)18(2,3)13-20-17(19)21-15-10-5-4-6-11-15;/h4-12H,13H2,1-3H3,(H3,19,20,21);1H. The number of aryl methyl sites for hydroxylation is 1. The third kappa shape index (κ3) is 5.02. The molecule has 0 radical (unpaired) electrons. The average Bonchev–Trinajstić information content (AvgIpc) is 2.47. The minimum atomic E-state index is -0.0473. The van der Waals surface area contributed by atoms with Crippen LogP contribution in [-0.4, -0.2) is 12.5 Å². The smallest absolute Gasteiger partial charge is 0.193 e. The summed E-state index contributed by atoms with van der Waals surface area (Å²) in [6.45, 7) is 7.15. The first-order chi connectivity index (χ1) is 9.99. The summed E-state index contributed by atoms with van der Waals surface area (Å²) in [5, 5.41) is 3.11. The Kier molecular flexibility index (Phi) is 6.87. The summed E-state index contributed by atoms with van der Waals surface area (Å²) >= 11 is 0. The minimum absolute atomic E-state index is 0. The van der Waals surface area contributed by atoms with Gasteiger partial charge in [0.2, 0.25) is 0 Å². The summed E-state index contributed by atoms with van der Waals surface area (Å²) in [6, 6.07) is 18.3. The molecule has 2 aromatic rings. The number of rotatable bonds is 4. The molecule has 118 valence electrons. The van der Waals surface area contributed by atoms with E-state index in [4.69, 9.17) is 5.73 Å². The van der Waals surface area contributed by atoms with Gasteiger partial charge in [-0.1, -0.05) is 56.3 Å². The predicted octanol–water partition coefficient (Wildman–Crippen LogP) is 4.32. The number of nitrogens with zero attached hydrogens (tertiary/aromatic N) is 1. The number of nitrogens with one attached hydrogen (secondary N) is 1. The minimum Gasteiger partial charge on any atom is -0.370 e. The van der Waals surface area contributed by atoms with E-state index in [0.717, 1.165) is 5.69 Å². The number of anilines is 1. The molecule has 0 atom stereocenters. The van der Waals surface area contributed by atoms with Crippen molar-refractivity contribution in [3.8, 4) is 0 Å². The van der Waals surface area contributed by atoms with Crippen LogP contribution in [-0.2, 0) is 5.41 Å². The Hall–Kier alpha value is -1.56. The van der Waals surface area contributed by atoms with E-state index in [1.165, 1.54) is 11.1 Å². The van der Waals surface area contributed by atoms with Crippen LogP contribution in [0.25, 0.3) is 0 Å². The van der Waals surface area contributed by atoms with E-state index < -0.39 is 0 Å². The Bertz CT molecular complexity index is 621. The van der Waals surface area contributed by atoms with Gasteiger partial charge in [0.15, 0.2) is 5.96 Å². The number of hydrogen-bond donors (Lipinski definition) is 2. The molecular weight excluding hydrogens is 385 g/mol. The quantitative estimate of drug-likeness (QED) is 0.449. The molecule has 0 unspecified atom stereocenters. The number of aliphatic imine (C=N–C) groups is 1. The van der Waals surface area contributed by atoms with E-state index in [1.54, 1.807) is 0 Å². The summed E-state index contributed by atoms with van der Waals surface area (Å²) in [5.41, 5.74) is 9.46. The molecule has 4 heteroatoms. The fourth-order valence-electron chi connectivity index (χ4n) is 2.41. The molecule has 0 aliphatic rings. The first-order valence-corrected chi connectivity index (χ1v) is 7.17. The normalized spacial score (nSPS) is 11.7. The van der Waals surface area contributed by atoms with Crippen molar-refractivity contribution in [3.05, 3.63) is 65.7 Å². The fraction of sp³-hybridized carbons (Fsp3) is 0.278. The van der Waals surface area contributed by atoms with Crippen molar-refractivity contribution in [2.45, 2.75) is 26.2 Å². The second kappa shape index (κ2) is 8.17. The zero-order chi connectivity index (χ0) is 15.3. The van der Waals surface area contributed by atoms with Crippen LogP contribution >= 0.6 is 24.0 Å². The van der Waals surface area contributed by atoms with Crippen LogP contribution < -0.4 is 11.1 Å². The number of guanidine groups is 1. The molecule has 3 nitrogen and oxygen atoms in total. The van der Waals surface area contributed by atoms with Crippen molar-refractivity contribution in [1.82, 2.24) is 0 Å². The number of hydrogen-bond acceptors (Lipinski definition) is 1. The van der Waals surface area contributed by atoms with E-state index >= 15 is 0 Å². The van der Waals surface area contributed by atoms with E-state index in [1.807, 2.05) is 30.3 Å². The van der Waals surface area contributed by atoms with E-state index in [0.29, 0.717) is 12.5 Å². The molecule has 2 aromatic carbocycles. The third-order valence-electron chi connectivity index (χ3n) is 3.57. The molecule has 0 heterocycles. The van der Waals surface area contributed by atoms with Crippen molar-refractivity contribution in [2.75, 3.05) is 11.9 Å². The van der Waals surface area contributed by atoms with Crippen LogP contribution in [0.5, 0.6) is 0 Å². The fourth-order valence-corrected chi connectivity index (χ4v) is 2.41. The summed E-state index contributed by atoms with van der Waals surface area (Å²) in [7, 11) is 0. The lowest BCUT2D eigenvalue weighted by molar-refractivity contribution is 0.537. The lowest BCUT2D eigenvalue weighted by Crippen LogP contribution is -2.28. The van der Waals surface area contributed by atoms with E-state index in [-0.39, 0.29) is 29.4 Å². The molecule has 0 fully saturated rings. The highest BCUT2D eigenvalue weighted by Crippen LogP contribution is 2.26. The molecule has 2 rings (SSSR count). The molecule has 0 spiro atoms. The topological polar surface area (TPSA) is 50.4 Å². The molecular formula is C18H24IN3. The Balaban J connectivity index is 0.00000242. The molecule has 0 bridgehead atoms. The van der Waals surface area contributed by atoms with Gasteiger partial charge in [0.05, 0.1) is 6.54 Å². The highest BCUT2D eigenvalue weighted by Gasteiger charge is 2.21. The van der Waals surface area contributed by atoms with Crippen LogP contribution in [0.3, 0.4) is 0 Å². The van der Waals surface area contributed by atoms with Crippen molar-refractivity contribution >= 4 is 35.6 Å². The second-order valence-corrected chi connectivity index (χ2v) is 5.89. The predicted molar refractivity (Wildman–Crippen MR) is 106 cm³/mol. The Morgan fingerprint density at radius 2 is 1.64 bits per heavy atom. The highest BCUT2D eigenvalue weighted by atomic mass is 127. The van der Waals surface area contributed by atoms with E-state index in [9.17, 15) is 0 Å². The van der Waals surface area contributed by atoms with Gasteiger partial charge in [0.25, 0.3) is 0 Å². The number of para-hydroxylation sites is 1. The van der Waals surface area contributed by atoms with Crippen LogP contribution in [0.2, 0.25) is 0 Å². The molecule has 0 saturated heterocycles. The molecule has 0 amide bonds. The summed E-state index contributed by atoms with van der Waals surface area (Å²) < 4.78 is 0. The van der Waals surface area contributed by atoms with Crippen LogP contribution in [0.1, 0.15) is 25.0 Å². The number of benzene rings is 2. The Labute approximate surface area is 150 Å². The first-order valence-electron chi connectivity index (χ1n) is 7.17. The van der Waals surface area contributed by atoms with Crippen molar-refractivity contribution in [2.24, 2.45) is 10.7 Å². The van der Waals surface area contributed by atoms with Gasteiger partial charge in [0.1, 0.15) is 0 Å². The summed E-state index contributed by atoms with van der Waals surface area (Å²) in [6.07, 6.45) is 0. The zero-order valence-corrected chi connectivity index (χ0v) is 15.7. The zero-order valence-electron chi connectivity index (χ0n) is 13.3.